The summed E-state index contributed by atoms with van der Waals surface area (Å²) in [6, 6.07) is 13.9. The number of nitrogens with zero attached hydrogens (tertiary/aromatic N) is 2. The normalized spacial score (nSPS) is 10.8. The summed E-state index contributed by atoms with van der Waals surface area (Å²) in [6.45, 7) is 0.663. The predicted molar refractivity (Wildman–Crippen MR) is 107 cm³/mol. The quantitative estimate of drug-likeness (QED) is 0.476. The monoisotopic (exact) mass is 375 g/mol. The van der Waals surface area contributed by atoms with E-state index in [0.29, 0.717) is 23.7 Å². The van der Waals surface area contributed by atoms with Crippen LogP contribution in [0.5, 0.6) is 0 Å². The van der Waals surface area contributed by atoms with Gasteiger partial charge in [-0.2, -0.15) is 0 Å². The predicted octanol–water partition coefficient (Wildman–Crippen LogP) is 4.00. The summed E-state index contributed by atoms with van der Waals surface area (Å²) < 4.78 is 13.2. The van der Waals surface area contributed by atoms with Crippen molar-refractivity contribution in [2.24, 2.45) is 0 Å². The first kappa shape index (κ1) is 17.7. The van der Waals surface area contributed by atoms with Crippen LogP contribution in [0.2, 0.25) is 0 Å². The summed E-state index contributed by atoms with van der Waals surface area (Å²) in [5.74, 6) is -0.359. The molecular weight excluding hydrogens is 357 g/mol. The summed E-state index contributed by atoms with van der Waals surface area (Å²) in [5, 5.41) is 6.97. The fraction of sp³-hybridized carbons (Fsp3) is 0.0952. The molecule has 0 bridgehead atoms. The Hall–Kier alpha value is -3.74. The first-order valence-corrected chi connectivity index (χ1v) is 8.87. The molecule has 0 fully saturated rings. The van der Waals surface area contributed by atoms with Crippen molar-refractivity contribution in [3.8, 4) is 0 Å². The summed E-state index contributed by atoms with van der Waals surface area (Å²) in [5.41, 5.74) is 3.01. The molecule has 0 spiro atoms. The molecule has 0 aliphatic carbocycles. The molecule has 4 aromatic rings. The first-order valence-electron chi connectivity index (χ1n) is 8.87. The molecule has 0 radical (unpaired) electrons. The van der Waals surface area contributed by atoms with Crippen molar-refractivity contribution in [1.29, 1.82) is 0 Å². The van der Waals surface area contributed by atoms with Crippen LogP contribution in [0.4, 0.5) is 16.0 Å². The molecule has 0 saturated heterocycles. The smallest absolute Gasteiger partial charge is 0.258 e. The van der Waals surface area contributed by atoms with Crippen LogP contribution < -0.4 is 10.6 Å². The first-order chi connectivity index (χ1) is 13.7. The van der Waals surface area contributed by atoms with Gasteiger partial charge in [0.05, 0.1) is 5.56 Å². The van der Waals surface area contributed by atoms with Gasteiger partial charge in [-0.05, 0) is 36.2 Å². The zero-order valence-electron chi connectivity index (χ0n) is 14.9. The van der Waals surface area contributed by atoms with Gasteiger partial charge in [0.15, 0.2) is 0 Å². The van der Waals surface area contributed by atoms with E-state index in [4.69, 9.17) is 0 Å². The van der Waals surface area contributed by atoms with E-state index in [9.17, 15) is 9.18 Å². The zero-order chi connectivity index (χ0) is 19.3. The second-order valence-corrected chi connectivity index (χ2v) is 6.30. The van der Waals surface area contributed by atoms with Crippen LogP contribution in [0.3, 0.4) is 0 Å². The minimum absolute atomic E-state index is 0.298. The Bertz CT molecular complexity index is 1110. The number of carbonyl (C=O) groups excluding carboxylic acids is 1. The number of anilines is 2. The second kappa shape index (κ2) is 7.87. The fourth-order valence-electron chi connectivity index (χ4n) is 2.95. The van der Waals surface area contributed by atoms with Gasteiger partial charge in [-0.15, -0.1) is 0 Å². The Kier molecular flexibility index (Phi) is 4.97. The molecule has 0 aliphatic heterocycles. The van der Waals surface area contributed by atoms with Crippen LogP contribution in [0, 0.1) is 5.82 Å². The van der Waals surface area contributed by atoms with Crippen LogP contribution in [0.15, 0.2) is 67.1 Å². The fourth-order valence-corrected chi connectivity index (χ4v) is 2.95. The average molecular weight is 375 g/mol. The molecule has 0 unspecified atom stereocenters. The number of hydrogen-bond donors (Lipinski definition) is 3. The van der Waals surface area contributed by atoms with Crippen molar-refractivity contribution in [1.82, 2.24) is 15.0 Å². The maximum Gasteiger partial charge on any atom is 0.258 e. The van der Waals surface area contributed by atoms with Gasteiger partial charge in [-0.1, -0.05) is 24.3 Å². The molecule has 1 amide bonds. The van der Waals surface area contributed by atoms with Crippen LogP contribution in [0.1, 0.15) is 15.9 Å². The molecule has 0 aliphatic rings. The number of hydrogen-bond acceptors (Lipinski definition) is 4. The second-order valence-electron chi connectivity index (χ2n) is 6.30. The summed E-state index contributed by atoms with van der Waals surface area (Å²) >= 11 is 0. The van der Waals surface area contributed by atoms with Gasteiger partial charge in [0.25, 0.3) is 5.91 Å². The standard InChI is InChI=1S/C21H18FN5O/c22-16-4-3-5-17(10-16)27-20(28)15-12-25-21(26-13-15)23-9-8-14-11-24-19-7-2-1-6-18(14)19/h1-7,10-13,24H,8-9H2,(H,27,28)(H,23,25,26). The molecule has 0 atom stereocenters. The summed E-state index contributed by atoms with van der Waals surface area (Å²) in [6.07, 6.45) is 5.70. The van der Waals surface area contributed by atoms with Gasteiger partial charge in [0, 0.05) is 41.7 Å². The van der Waals surface area contributed by atoms with Crippen molar-refractivity contribution in [2.45, 2.75) is 6.42 Å². The van der Waals surface area contributed by atoms with E-state index in [1.165, 1.54) is 41.5 Å². The number of amides is 1. The van der Waals surface area contributed by atoms with Crippen LogP contribution >= 0.6 is 0 Å². The molecule has 0 saturated carbocycles. The number of aromatic amines is 1. The maximum absolute atomic E-state index is 13.2. The summed E-state index contributed by atoms with van der Waals surface area (Å²) in [7, 11) is 0. The van der Waals surface area contributed by atoms with E-state index in [0.717, 1.165) is 11.9 Å². The van der Waals surface area contributed by atoms with E-state index in [1.807, 2.05) is 24.4 Å². The third-order valence-electron chi connectivity index (χ3n) is 4.35. The van der Waals surface area contributed by atoms with Crippen molar-refractivity contribution >= 4 is 28.4 Å². The lowest BCUT2D eigenvalue weighted by Crippen LogP contribution is -2.14. The molecule has 28 heavy (non-hydrogen) atoms. The van der Waals surface area contributed by atoms with Gasteiger partial charge >= 0.3 is 0 Å². The Morgan fingerprint density at radius 3 is 2.71 bits per heavy atom. The molecule has 140 valence electrons. The number of rotatable bonds is 6. The van der Waals surface area contributed by atoms with Crippen LogP contribution in [-0.2, 0) is 6.42 Å². The molecule has 2 aromatic carbocycles. The summed E-state index contributed by atoms with van der Waals surface area (Å²) in [4.78, 5) is 23.8. The maximum atomic E-state index is 13.2. The Morgan fingerprint density at radius 1 is 1.07 bits per heavy atom. The van der Waals surface area contributed by atoms with E-state index in [1.54, 1.807) is 6.07 Å². The number of fused-ring (bicyclic) bond motifs is 1. The number of carbonyl (C=O) groups is 1. The molecule has 2 aromatic heterocycles. The van der Waals surface area contributed by atoms with Crippen molar-refractivity contribution in [3.63, 3.8) is 0 Å². The SMILES string of the molecule is O=C(Nc1cccc(F)c1)c1cnc(NCCc2c[nH]c3ccccc23)nc1. The third kappa shape index (κ3) is 3.98. The molecule has 3 N–H and O–H groups in total. The largest absolute Gasteiger partial charge is 0.361 e. The van der Waals surface area contributed by atoms with Gasteiger partial charge < -0.3 is 15.6 Å². The minimum Gasteiger partial charge on any atom is -0.361 e. The lowest BCUT2D eigenvalue weighted by atomic mass is 10.1. The number of halogens is 1. The highest BCUT2D eigenvalue weighted by atomic mass is 19.1. The number of para-hydroxylation sites is 1. The highest BCUT2D eigenvalue weighted by molar-refractivity contribution is 6.03. The van der Waals surface area contributed by atoms with E-state index < -0.39 is 11.7 Å². The van der Waals surface area contributed by atoms with Gasteiger partial charge in [0.1, 0.15) is 5.82 Å². The average Bonchev–Trinajstić information content (AvgIpc) is 3.12. The number of aromatic nitrogens is 3. The third-order valence-corrected chi connectivity index (χ3v) is 4.35. The van der Waals surface area contributed by atoms with Crippen molar-refractivity contribution < 1.29 is 9.18 Å². The molecule has 6 nitrogen and oxygen atoms in total. The topological polar surface area (TPSA) is 82.7 Å². The van der Waals surface area contributed by atoms with Crippen molar-refractivity contribution in [3.05, 3.63) is 84.1 Å². The highest BCUT2D eigenvalue weighted by Crippen LogP contribution is 2.18. The molecule has 4 rings (SSSR count). The van der Waals surface area contributed by atoms with Gasteiger partial charge in [-0.25, -0.2) is 14.4 Å². The van der Waals surface area contributed by atoms with E-state index >= 15 is 0 Å². The van der Waals surface area contributed by atoms with Gasteiger partial charge in [-0.3, -0.25) is 4.79 Å². The number of nitrogens with one attached hydrogen (secondary N) is 3. The zero-order valence-corrected chi connectivity index (χ0v) is 14.9. The van der Waals surface area contributed by atoms with Crippen LogP contribution in [0.25, 0.3) is 10.9 Å². The molecular formula is C21H18FN5O. The highest BCUT2D eigenvalue weighted by Gasteiger charge is 2.08. The Morgan fingerprint density at radius 2 is 1.89 bits per heavy atom. The molecule has 7 heteroatoms. The molecule has 2 heterocycles. The lowest BCUT2D eigenvalue weighted by molar-refractivity contribution is 0.102. The van der Waals surface area contributed by atoms with Crippen molar-refractivity contribution in [2.75, 3.05) is 17.2 Å². The number of benzene rings is 2. The van der Waals surface area contributed by atoms with Gasteiger partial charge in [0.2, 0.25) is 5.95 Å². The number of H-pyrrole nitrogens is 1. The van der Waals surface area contributed by atoms with Crippen LogP contribution in [-0.4, -0.2) is 27.4 Å². The van der Waals surface area contributed by atoms with E-state index in [2.05, 4.69) is 31.7 Å². The lowest BCUT2D eigenvalue weighted by Gasteiger charge is -2.07. The Labute approximate surface area is 160 Å². The Balaban J connectivity index is 1.33. The minimum atomic E-state index is -0.413. The van der Waals surface area contributed by atoms with E-state index in [-0.39, 0.29) is 0 Å².